The lowest BCUT2D eigenvalue weighted by Crippen LogP contribution is -2.15. The molecule has 1 amide bonds. The van der Waals surface area contributed by atoms with E-state index in [4.69, 9.17) is 0 Å². The van der Waals surface area contributed by atoms with E-state index in [9.17, 15) is 9.59 Å². The molecule has 0 aliphatic heterocycles. The molecule has 50 valence electrons. The highest BCUT2D eigenvalue weighted by Gasteiger charge is 1.98. The molecule has 0 spiro atoms. The normalized spacial score (nSPS) is 7.56. The van der Waals surface area contributed by atoms with Crippen LogP contribution in [0.4, 0.5) is 4.79 Å². The number of primary amides is 1. The van der Waals surface area contributed by atoms with Crippen LogP contribution < -0.4 is 5.73 Å². The second-order valence-electron chi connectivity index (χ2n) is 1.01. The Bertz CT molecular complexity index is 142. The van der Waals surface area contributed by atoms with Crippen LogP contribution in [0.1, 0.15) is 0 Å². The summed E-state index contributed by atoms with van der Waals surface area (Å²) in [5.41, 5.74) is 4.42. The Kier molecular flexibility index (Phi) is 2.89. The van der Waals surface area contributed by atoms with Crippen molar-refractivity contribution >= 4 is 12.1 Å². The standard InChI is InChI=1S/C4H5NO4/c1-2-3(6)8-9-4(5)7/h2H,1H2,(H2,5,7). The van der Waals surface area contributed by atoms with Crippen molar-refractivity contribution in [2.45, 2.75) is 0 Å². The Morgan fingerprint density at radius 3 is 2.33 bits per heavy atom. The lowest BCUT2D eigenvalue weighted by molar-refractivity contribution is -0.224. The smallest absolute Gasteiger partial charge is 0.332 e. The van der Waals surface area contributed by atoms with Crippen molar-refractivity contribution in [3.05, 3.63) is 12.7 Å². The van der Waals surface area contributed by atoms with Gasteiger partial charge in [-0.2, -0.15) is 0 Å². The van der Waals surface area contributed by atoms with Gasteiger partial charge >= 0.3 is 12.1 Å². The van der Waals surface area contributed by atoms with Crippen LogP contribution in [0.2, 0.25) is 0 Å². The summed E-state index contributed by atoms with van der Waals surface area (Å²) in [6.45, 7) is 3.03. The summed E-state index contributed by atoms with van der Waals surface area (Å²) >= 11 is 0. The maximum Gasteiger partial charge on any atom is 0.447 e. The van der Waals surface area contributed by atoms with Crippen molar-refractivity contribution in [1.29, 1.82) is 0 Å². The van der Waals surface area contributed by atoms with Gasteiger partial charge in [0.25, 0.3) is 0 Å². The average molecular weight is 131 g/mol. The van der Waals surface area contributed by atoms with E-state index in [0.717, 1.165) is 6.08 Å². The fourth-order valence-electron chi connectivity index (χ4n) is 0.116. The first-order valence-electron chi connectivity index (χ1n) is 1.97. The molecule has 0 aromatic carbocycles. The molecular formula is C4H5NO4. The van der Waals surface area contributed by atoms with E-state index in [2.05, 4.69) is 22.1 Å². The van der Waals surface area contributed by atoms with Gasteiger partial charge in [-0.3, -0.25) is 0 Å². The Morgan fingerprint density at radius 1 is 1.44 bits per heavy atom. The Balaban J connectivity index is 3.39. The van der Waals surface area contributed by atoms with Crippen molar-refractivity contribution in [2.24, 2.45) is 5.73 Å². The van der Waals surface area contributed by atoms with Crippen LogP contribution in [0.25, 0.3) is 0 Å². The summed E-state index contributed by atoms with van der Waals surface area (Å²) in [6.07, 6.45) is -0.339. The van der Waals surface area contributed by atoms with Crippen molar-refractivity contribution in [1.82, 2.24) is 0 Å². The van der Waals surface area contributed by atoms with Crippen LogP contribution in [-0.4, -0.2) is 12.1 Å². The Labute approximate surface area is 51.0 Å². The first kappa shape index (κ1) is 7.48. The molecule has 0 aromatic heterocycles. The first-order valence-corrected chi connectivity index (χ1v) is 1.97. The monoisotopic (exact) mass is 131 g/mol. The van der Waals surface area contributed by atoms with Gasteiger partial charge in [0, 0.05) is 6.08 Å². The Hall–Kier alpha value is -1.52. The highest BCUT2D eigenvalue weighted by molar-refractivity contribution is 5.81. The summed E-state index contributed by atoms with van der Waals surface area (Å²) in [4.78, 5) is 27.1. The molecule has 0 saturated heterocycles. The van der Waals surface area contributed by atoms with Gasteiger partial charge in [0.15, 0.2) is 0 Å². The molecule has 0 saturated carbocycles. The number of rotatable bonds is 1. The number of carbonyl (C=O) groups is 2. The molecule has 5 heteroatoms. The quantitative estimate of drug-likeness (QED) is 0.301. The summed E-state index contributed by atoms with van der Waals surface area (Å²) in [5.74, 6) is -0.867. The van der Waals surface area contributed by atoms with E-state index in [-0.39, 0.29) is 0 Å². The van der Waals surface area contributed by atoms with Gasteiger partial charge in [0.2, 0.25) is 0 Å². The van der Waals surface area contributed by atoms with E-state index < -0.39 is 12.1 Å². The minimum absolute atomic E-state index is 0.836. The third-order valence-electron chi connectivity index (χ3n) is 0.373. The molecule has 0 rings (SSSR count). The van der Waals surface area contributed by atoms with Crippen molar-refractivity contribution in [3.8, 4) is 0 Å². The van der Waals surface area contributed by atoms with E-state index in [1.807, 2.05) is 0 Å². The van der Waals surface area contributed by atoms with Gasteiger partial charge in [-0.1, -0.05) is 6.58 Å². The van der Waals surface area contributed by atoms with Crippen molar-refractivity contribution < 1.29 is 19.4 Å². The summed E-state index contributed by atoms with van der Waals surface area (Å²) in [5, 5.41) is 0. The molecule has 0 aliphatic rings. The van der Waals surface area contributed by atoms with E-state index in [1.165, 1.54) is 0 Å². The number of amides is 1. The third-order valence-corrected chi connectivity index (χ3v) is 0.373. The second-order valence-corrected chi connectivity index (χ2v) is 1.01. The molecule has 2 N–H and O–H groups in total. The topological polar surface area (TPSA) is 78.6 Å². The predicted molar refractivity (Wildman–Crippen MR) is 27.0 cm³/mol. The van der Waals surface area contributed by atoms with Crippen LogP contribution in [0.15, 0.2) is 12.7 Å². The van der Waals surface area contributed by atoms with Crippen LogP contribution >= 0.6 is 0 Å². The average Bonchev–Trinajstić information content (AvgIpc) is 1.83. The molecular weight excluding hydrogens is 126 g/mol. The molecule has 0 fully saturated rings. The zero-order chi connectivity index (χ0) is 7.28. The van der Waals surface area contributed by atoms with E-state index >= 15 is 0 Å². The van der Waals surface area contributed by atoms with Crippen LogP contribution in [0.3, 0.4) is 0 Å². The minimum atomic E-state index is -1.18. The van der Waals surface area contributed by atoms with Crippen LogP contribution in [0.5, 0.6) is 0 Å². The molecule has 0 heterocycles. The van der Waals surface area contributed by atoms with Gasteiger partial charge < -0.3 is 5.73 Å². The van der Waals surface area contributed by atoms with Crippen LogP contribution in [0, 0.1) is 0 Å². The molecule has 0 radical (unpaired) electrons. The lowest BCUT2D eigenvalue weighted by Gasteiger charge is -1.93. The highest BCUT2D eigenvalue weighted by Crippen LogP contribution is 1.79. The number of hydrogen-bond acceptors (Lipinski definition) is 4. The molecule has 0 unspecified atom stereocenters. The molecule has 0 aliphatic carbocycles. The van der Waals surface area contributed by atoms with Gasteiger partial charge in [0.1, 0.15) is 0 Å². The molecule has 0 bridgehead atoms. The maximum absolute atomic E-state index is 10.0. The predicted octanol–water partition coefficient (Wildman–Crippen LogP) is -0.274. The first-order chi connectivity index (χ1) is 4.16. The number of nitrogens with two attached hydrogens (primary N) is 1. The second kappa shape index (κ2) is 3.48. The van der Waals surface area contributed by atoms with Crippen molar-refractivity contribution in [2.75, 3.05) is 0 Å². The summed E-state index contributed by atoms with van der Waals surface area (Å²) < 4.78 is 0. The zero-order valence-corrected chi connectivity index (χ0v) is 4.49. The largest absolute Gasteiger partial charge is 0.447 e. The number of carbonyl (C=O) groups excluding carboxylic acids is 2. The maximum atomic E-state index is 10.0. The molecule has 0 atom stereocenters. The molecule has 0 aromatic rings. The van der Waals surface area contributed by atoms with Gasteiger partial charge in [-0.05, 0) is 0 Å². The van der Waals surface area contributed by atoms with Crippen molar-refractivity contribution in [3.63, 3.8) is 0 Å². The SMILES string of the molecule is C=CC(=O)OOC(N)=O. The lowest BCUT2D eigenvalue weighted by atomic mass is 10.7. The summed E-state index contributed by atoms with van der Waals surface area (Å²) in [7, 11) is 0. The third kappa shape index (κ3) is 4.33. The molecule has 5 nitrogen and oxygen atoms in total. The van der Waals surface area contributed by atoms with Gasteiger partial charge in [-0.15, -0.1) is 0 Å². The zero-order valence-electron chi connectivity index (χ0n) is 4.49. The highest BCUT2D eigenvalue weighted by atomic mass is 17.2. The summed E-state index contributed by atoms with van der Waals surface area (Å²) in [6, 6.07) is 0. The van der Waals surface area contributed by atoms with E-state index in [0.29, 0.717) is 0 Å². The van der Waals surface area contributed by atoms with Gasteiger partial charge in [-0.25, -0.2) is 19.4 Å². The fourth-order valence-corrected chi connectivity index (χ4v) is 0.116. The Morgan fingerprint density at radius 2 is 2.00 bits per heavy atom. The number of hydrogen-bond donors (Lipinski definition) is 1. The van der Waals surface area contributed by atoms with Gasteiger partial charge in [0.05, 0.1) is 0 Å². The van der Waals surface area contributed by atoms with E-state index in [1.54, 1.807) is 0 Å². The fraction of sp³-hybridized carbons (Fsp3) is 0. The molecule has 9 heavy (non-hydrogen) atoms. The van der Waals surface area contributed by atoms with Crippen LogP contribution in [-0.2, 0) is 14.6 Å². The minimum Gasteiger partial charge on any atom is -0.332 e.